The third kappa shape index (κ3) is 2.29. The first-order valence-corrected chi connectivity index (χ1v) is 7.10. The lowest BCUT2D eigenvalue weighted by Gasteiger charge is -2.03. The van der Waals surface area contributed by atoms with Gasteiger partial charge < -0.3 is 4.74 Å². The molecule has 21 heavy (non-hydrogen) atoms. The highest BCUT2D eigenvalue weighted by molar-refractivity contribution is 5.67. The van der Waals surface area contributed by atoms with E-state index in [1.54, 1.807) is 0 Å². The molecule has 4 nitrogen and oxygen atoms in total. The maximum atomic E-state index is 5.72. The SMILES string of the molecule is c1ccc(Cc2nc(-c3cccc4c3OCC4)n[nH]2)cc1. The Labute approximate surface area is 122 Å². The highest BCUT2D eigenvalue weighted by Crippen LogP contribution is 2.35. The van der Waals surface area contributed by atoms with E-state index in [0.717, 1.165) is 36.6 Å². The molecule has 104 valence electrons. The second-order valence-electron chi connectivity index (χ2n) is 5.16. The van der Waals surface area contributed by atoms with E-state index in [4.69, 9.17) is 4.74 Å². The maximum Gasteiger partial charge on any atom is 0.184 e. The highest BCUT2D eigenvalue weighted by atomic mass is 16.5. The first-order chi connectivity index (χ1) is 10.4. The predicted molar refractivity (Wildman–Crippen MR) is 80.3 cm³/mol. The summed E-state index contributed by atoms with van der Waals surface area (Å²) < 4.78 is 5.72. The Morgan fingerprint density at radius 1 is 1.05 bits per heavy atom. The zero-order chi connectivity index (χ0) is 14.1. The second-order valence-corrected chi connectivity index (χ2v) is 5.16. The van der Waals surface area contributed by atoms with Crippen molar-refractivity contribution in [2.45, 2.75) is 12.8 Å². The van der Waals surface area contributed by atoms with Gasteiger partial charge in [0.05, 0.1) is 12.2 Å². The van der Waals surface area contributed by atoms with Crippen molar-refractivity contribution in [1.82, 2.24) is 15.2 Å². The summed E-state index contributed by atoms with van der Waals surface area (Å²) in [6, 6.07) is 16.4. The quantitative estimate of drug-likeness (QED) is 0.800. The van der Waals surface area contributed by atoms with Gasteiger partial charge in [-0.2, -0.15) is 5.10 Å². The number of benzene rings is 2. The molecule has 2 heterocycles. The van der Waals surface area contributed by atoms with E-state index < -0.39 is 0 Å². The fourth-order valence-corrected chi connectivity index (χ4v) is 2.68. The van der Waals surface area contributed by atoms with Crippen LogP contribution in [0.25, 0.3) is 11.4 Å². The van der Waals surface area contributed by atoms with Crippen LogP contribution in [-0.2, 0) is 12.8 Å². The molecule has 0 radical (unpaired) electrons. The summed E-state index contributed by atoms with van der Waals surface area (Å²) in [6.45, 7) is 0.744. The second kappa shape index (κ2) is 5.05. The number of nitrogens with one attached hydrogen (secondary N) is 1. The average molecular weight is 277 g/mol. The number of nitrogens with zero attached hydrogens (tertiary/aromatic N) is 2. The Bertz CT molecular complexity index is 765. The van der Waals surface area contributed by atoms with Crippen LogP contribution in [0.5, 0.6) is 5.75 Å². The molecule has 1 aromatic heterocycles. The number of hydrogen-bond acceptors (Lipinski definition) is 3. The largest absolute Gasteiger partial charge is 0.492 e. The van der Waals surface area contributed by atoms with Gasteiger partial charge in [0, 0.05) is 12.8 Å². The summed E-state index contributed by atoms with van der Waals surface area (Å²) in [5, 5.41) is 7.37. The van der Waals surface area contributed by atoms with Crippen LogP contribution < -0.4 is 4.74 Å². The Hall–Kier alpha value is -2.62. The van der Waals surface area contributed by atoms with Gasteiger partial charge in [-0.25, -0.2) is 4.98 Å². The molecule has 1 aliphatic heterocycles. The van der Waals surface area contributed by atoms with Crippen molar-refractivity contribution < 1.29 is 4.74 Å². The van der Waals surface area contributed by atoms with E-state index in [1.165, 1.54) is 11.1 Å². The van der Waals surface area contributed by atoms with E-state index in [2.05, 4.69) is 33.4 Å². The van der Waals surface area contributed by atoms with Crippen molar-refractivity contribution in [3.63, 3.8) is 0 Å². The number of ether oxygens (including phenoxy) is 1. The van der Waals surface area contributed by atoms with Crippen molar-refractivity contribution in [2.24, 2.45) is 0 Å². The molecule has 4 heteroatoms. The molecule has 0 amide bonds. The zero-order valence-electron chi connectivity index (χ0n) is 11.5. The van der Waals surface area contributed by atoms with Gasteiger partial charge in [0.25, 0.3) is 0 Å². The smallest absolute Gasteiger partial charge is 0.184 e. The minimum Gasteiger partial charge on any atom is -0.492 e. The third-order valence-electron chi connectivity index (χ3n) is 3.70. The third-order valence-corrected chi connectivity index (χ3v) is 3.70. The van der Waals surface area contributed by atoms with Gasteiger partial charge in [-0.15, -0.1) is 0 Å². The Balaban J connectivity index is 1.65. The Morgan fingerprint density at radius 2 is 1.95 bits per heavy atom. The van der Waals surface area contributed by atoms with Crippen molar-refractivity contribution in [3.05, 3.63) is 65.5 Å². The molecule has 0 aliphatic carbocycles. The lowest BCUT2D eigenvalue weighted by molar-refractivity contribution is 0.358. The number of fused-ring (bicyclic) bond motifs is 1. The van der Waals surface area contributed by atoms with Gasteiger partial charge in [0.1, 0.15) is 11.6 Å². The molecule has 0 saturated carbocycles. The summed E-state index contributed by atoms with van der Waals surface area (Å²) in [5.74, 6) is 2.51. The fourth-order valence-electron chi connectivity index (χ4n) is 2.68. The molecule has 2 aromatic carbocycles. The lowest BCUT2D eigenvalue weighted by atomic mass is 10.1. The summed E-state index contributed by atoms with van der Waals surface area (Å²) in [5.41, 5.74) is 3.43. The van der Waals surface area contributed by atoms with Gasteiger partial charge in [-0.3, -0.25) is 5.10 Å². The van der Waals surface area contributed by atoms with Crippen molar-refractivity contribution in [3.8, 4) is 17.1 Å². The zero-order valence-corrected chi connectivity index (χ0v) is 11.5. The molecule has 3 aromatic rings. The minimum absolute atomic E-state index is 0.708. The molecule has 0 fully saturated rings. The van der Waals surface area contributed by atoms with Gasteiger partial charge in [0.15, 0.2) is 5.82 Å². The lowest BCUT2D eigenvalue weighted by Crippen LogP contribution is -1.91. The van der Waals surface area contributed by atoms with Crippen LogP contribution in [-0.4, -0.2) is 21.8 Å². The molecular weight excluding hydrogens is 262 g/mol. The normalized spacial score (nSPS) is 13.0. The molecule has 0 atom stereocenters. The molecule has 1 N–H and O–H groups in total. The van der Waals surface area contributed by atoms with E-state index in [-0.39, 0.29) is 0 Å². The van der Waals surface area contributed by atoms with Gasteiger partial charge in [0.2, 0.25) is 0 Å². The topological polar surface area (TPSA) is 50.8 Å². The van der Waals surface area contributed by atoms with E-state index in [1.807, 2.05) is 30.3 Å². The predicted octanol–water partition coefficient (Wildman–Crippen LogP) is 3.00. The number of H-pyrrole nitrogens is 1. The van der Waals surface area contributed by atoms with Gasteiger partial charge in [-0.1, -0.05) is 42.5 Å². The molecule has 0 saturated heterocycles. The minimum atomic E-state index is 0.708. The van der Waals surface area contributed by atoms with E-state index in [9.17, 15) is 0 Å². The van der Waals surface area contributed by atoms with Crippen LogP contribution in [0.4, 0.5) is 0 Å². The van der Waals surface area contributed by atoms with Crippen molar-refractivity contribution in [2.75, 3.05) is 6.61 Å². The molecule has 4 rings (SSSR count). The molecule has 1 aliphatic rings. The molecule has 0 spiro atoms. The average Bonchev–Trinajstić information content (AvgIpc) is 3.16. The summed E-state index contributed by atoms with van der Waals surface area (Å²) in [7, 11) is 0. The molecule has 0 unspecified atom stereocenters. The highest BCUT2D eigenvalue weighted by Gasteiger charge is 2.19. The van der Waals surface area contributed by atoms with E-state index in [0.29, 0.717) is 5.82 Å². The number of aromatic amines is 1. The number of aromatic nitrogens is 3. The van der Waals surface area contributed by atoms with Crippen LogP contribution in [0.3, 0.4) is 0 Å². The summed E-state index contributed by atoms with van der Waals surface area (Å²) in [6.07, 6.45) is 1.72. The standard InChI is InChI=1S/C17H15N3O/c1-2-5-12(6-3-1)11-15-18-17(20-19-15)14-8-4-7-13-9-10-21-16(13)14/h1-8H,9-11H2,(H,18,19,20). The number of hydrogen-bond donors (Lipinski definition) is 1. The monoisotopic (exact) mass is 277 g/mol. The van der Waals surface area contributed by atoms with Crippen molar-refractivity contribution in [1.29, 1.82) is 0 Å². The Morgan fingerprint density at radius 3 is 2.86 bits per heavy atom. The van der Waals surface area contributed by atoms with Crippen LogP contribution in [0.15, 0.2) is 48.5 Å². The van der Waals surface area contributed by atoms with E-state index >= 15 is 0 Å². The van der Waals surface area contributed by atoms with Crippen LogP contribution in [0.2, 0.25) is 0 Å². The fraction of sp³-hybridized carbons (Fsp3) is 0.176. The van der Waals surface area contributed by atoms with Gasteiger partial charge >= 0.3 is 0 Å². The Kier molecular flexibility index (Phi) is 2.92. The molecule has 0 bridgehead atoms. The van der Waals surface area contributed by atoms with Crippen LogP contribution >= 0.6 is 0 Å². The summed E-state index contributed by atoms with van der Waals surface area (Å²) in [4.78, 5) is 4.61. The first kappa shape index (κ1) is 12.1. The summed E-state index contributed by atoms with van der Waals surface area (Å²) >= 11 is 0. The number of rotatable bonds is 3. The van der Waals surface area contributed by atoms with Crippen molar-refractivity contribution >= 4 is 0 Å². The number of para-hydroxylation sites is 1. The van der Waals surface area contributed by atoms with Crippen LogP contribution in [0, 0.1) is 0 Å². The molecular formula is C17H15N3O. The first-order valence-electron chi connectivity index (χ1n) is 7.10. The van der Waals surface area contributed by atoms with Crippen LogP contribution in [0.1, 0.15) is 17.0 Å². The van der Waals surface area contributed by atoms with Gasteiger partial charge in [-0.05, 0) is 17.2 Å². The maximum absolute atomic E-state index is 5.72.